The number of ether oxygens (including phenoxy) is 3. The van der Waals surface area contributed by atoms with Crippen LogP contribution in [0.5, 0.6) is 17.2 Å². The van der Waals surface area contributed by atoms with Crippen LogP contribution in [0.1, 0.15) is 25.1 Å². The summed E-state index contributed by atoms with van der Waals surface area (Å²) in [6, 6.07) is 15.2. The van der Waals surface area contributed by atoms with E-state index >= 15 is 0 Å². The van der Waals surface area contributed by atoms with E-state index in [4.69, 9.17) is 18.6 Å². The average molecular weight is 473 g/mol. The number of carbonyl (C=O) groups excluding carboxylic acids is 1. The van der Waals surface area contributed by atoms with Gasteiger partial charge in [0.1, 0.15) is 11.3 Å². The van der Waals surface area contributed by atoms with E-state index < -0.39 is 0 Å². The molecular formula is C28H28N2O5. The first-order valence-corrected chi connectivity index (χ1v) is 11.3. The molecule has 180 valence electrons. The number of rotatable bonds is 9. The number of carbonyl (C=O) groups is 1. The van der Waals surface area contributed by atoms with Crippen molar-refractivity contribution in [3.8, 4) is 28.4 Å². The smallest absolute Gasteiger partial charge is 0.244 e. The molecule has 4 aromatic rings. The lowest BCUT2D eigenvalue weighted by molar-refractivity contribution is -0.116. The molecule has 0 bridgehead atoms. The number of amides is 1. The zero-order chi connectivity index (χ0) is 24.8. The van der Waals surface area contributed by atoms with E-state index in [1.165, 1.54) is 0 Å². The highest BCUT2D eigenvalue weighted by Gasteiger charge is 2.16. The van der Waals surface area contributed by atoms with E-state index in [9.17, 15) is 4.79 Å². The van der Waals surface area contributed by atoms with Crippen LogP contribution in [0.3, 0.4) is 0 Å². The van der Waals surface area contributed by atoms with Crippen LogP contribution in [0, 0.1) is 0 Å². The van der Waals surface area contributed by atoms with E-state index in [0.29, 0.717) is 36.0 Å². The number of furan rings is 1. The molecule has 0 aliphatic heterocycles. The quantitative estimate of drug-likeness (QED) is 0.318. The fraction of sp³-hybridized carbons (Fsp3) is 0.214. The largest absolute Gasteiger partial charge is 0.493 e. The summed E-state index contributed by atoms with van der Waals surface area (Å²) in [4.78, 5) is 16.8. The number of hydrogen-bond acceptors (Lipinski definition) is 6. The number of fused-ring (bicyclic) bond motifs is 1. The number of aromatic nitrogens is 1. The van der Waals surface area contributed by atoms with Crippen LogP contribution in [0.4, 0.5) is 0 Å². The van der Waals surface area contributed by atoms with Crippen molar-refractivity contribution < 1.29 is 23.4 Å². The fourth-order valence-corrected chi connectivity index (χ4v) is 3.87. The van der Waals surface area contributed by atoms with Crippen LogP contribution in [0.15, 0.2) is 71.5 Å². The predicted octanol–water partition coefficient (Wildman–Crippen LogP) is 5.63. The molecule has 0 radical (unpaired) electrons. The number of allylic oxidation sites excluding steroid dienone is 1. The number of hydrogen-bond donors (Lipinski definition) is 1. The SMILES string of the molecule is CCOc1cc2occ(-c3ccc(OC)c(OC)c3)c2cc1/C(C)=C/C(=O)NCc1ccccn1. The molecule has 0 aliphatic rings. The molecule has 4 rings (SSSR count). The van der Waals surface area contributed by atoms with Crippen molar-refractivity contribution >= 4 is 22.4 Å². The molecular weight excluding hydrogens is 444 g/mol. The molecule has 2 heterocycles. The lowest BCUT2D eigenvalue weighted by Gasteiger charge is -2.12. The maximum absolute atomic E-state index is 12.6. The number of nitrogens with zero attached hydrogens (tertiary/aromatic N) is 1. The first kappa shape index (κ1) is 23.9. The van der Waals surface area contributed by atoms with Crippen LogP contribution in [-0.4, -0.2) is 31.7 Å². The Kier molecular flexibility index (Phi) is 7.35. The minimum atomic E-state index is -0.206. The molecule has 2 aromatic heterocycles. The predicted molar refractivity (Wildman–Crippen MR) is 136 cm³/mol. The van der Waals surface area contributed by atoms with E-state index in [1.807, 2.05) is 62.4 Å². The van der Waals surface area contributed by atoms with Crippen molar-refractivity contribution in [1.82, 2.24) is 10.3 Å². The maximum atomic E-state index is 12.6. The summed E-state index contributed by atoms with van der Waals surface area (Å²) in [5, 5.41) is 3.78. The fourth-order valence-electron chi connectivity index (χ4n) is 3.87. The number of methoxy groups -OCH3 is 2. The third-order valence-corrected chi connectivity index (χ3v) is 5.61. The second-order valence-electron chi connectivity index (χ2n) is 7.86. The van der Waals surface area contributed by atoms with Gasteiger partial charge in [-0.3, -0.25) is 9.78 Å². The molecule has 0 saturated heterocycles. The third-order valence-electron chi connectivity index (χ3n) is 5.61. The summed E-state index contributed by atoms with van der Waals surface area (Å²) in [5.74, 6) is 1.73. The first-order valence-electron chi connectivity index (χ1n) is 11.3. The van der Waals surface area contributed by atoms with Crippen molar-refractivity contribution in [2.75, 3.05) is 20.8 Å². The van der Waals surface area contributed by atoms with Gasteiger partial charge in [0, 0.05) is 34.9 Å². The van der Waals surface area contributed by atoms with Gasteiger partial charge in [0.2, 0.25) is 5.91 Å². The second kappa shape index (κ2) is 10.8. The molecule has 7 heteroatoms. The molecule has 1 N–H and O–H groups in total. The summed E-state index contributed by atoms with van der Waals surface area (Å²) in [6.07, 6.45) is 4.99. The summed E-state index contributed by atoms with van der Waals surface area (Å²) >= 11 is 0. The van der Waals surface area contributed by atoms with Crippen LogP contribution in [0.25, 0.3) is 27.7 Å². The molecule has 0 saturated carbocycles. The van der Waals surface area contributed by atoms with Gasteiger partial charge in [0.25, 0.3) is 0 Å². The molecule has 0 unspecified atom stereocenters. The first-order chi connectivity index (χ1) is 17.0. The van der Waals surface area contributed by atoms with Gasteiger partial charge in [-0.1, -0.05) is 12.1 Å². The van der Waals surface area contributed by atoms with Gasteiger partial charge in [-0.15, -0.1) is 0 Å². The van der Waals surface area contributed by atoms with Crippen molar-refractivity contribution in [1.29, 1.82) is 0 Å². The highest BCUT2D eigenvalue weighted by molar-refractivity contribution is 6.00. The third kappa shape index (κ3) is 5.30. The van der Waals surface area contributed by atoms with Gasteiger partial charge in [0.05, 0.1) is 39.3 Å². The Morgan fingerprint density at radius 1 is 1.06 bits per heavy atom. The van der Waals surface area contributed by atoms with E-state index in [2.05, 4.69) is 10.3 Å². The van der Waals surface area contributed by atoms with Gasteiger partial charge in [0.15, 0.2) is 11.5 Å². The van der Waals surface area contributed by atoms with Crippen molar-refractivity contribution in [2.24, 2.45) is 0 Å². The van der Waals surface area contributed by atoms with E-state index in [1.54, 1.807) is 32.8 Å². The Hall–Kier alpha value is -4.26. The van der Waals surface area contributed by atoms with Gasteiger partial charge in [-0.05, 0) is 55.3 Å². The molecule has 0 spiro atoms. The normalized spacial score (nSPS) is 11.4. The lowest BCUT2D eigenvalue weighted by atomic mass is 9.99. The van der Waals surface area contributed by atoms with Gasteiger partial charge in [-0.2, -0.15) is 0 Å². The number of nitrogens with one attached hydrogen (secondary N) is 1. The highest BCUT2D eigenvalue weighted by Crippen LogP contribution is 2.40. The van der Waals surface area contributed by atoms with E-state index in [0.717, 1.165) is 33.3 Å². The zero-order valence-corrected chi connectivity index (χ0v) is 20.3. The molecule has 35 heavy (non-hydrogen) atoms. The monoisotopic (exact) mass is 472 g/mol. The van der Waals surface area contributed by atoms with Gasteiger partial charge < -0.3 is 23.9 Å². The molecule has 7 nitrogen and oxygen atoms in total. The number of benzene rings is 2. The minimum Gasteiger partial charge on any atom is -0.493 e. The Balaban J connectivity index is 1.69. The Morgan fingerprint density at radius 3 is 2.60 bits per heavy atom. The van der Waals surface area contributed by atoms with Crippen LogP contribution in [-0.2, 0) is 11.3 Å². The summed E-state index contributed by atoms with van der Waals surface area (Å²) in [6.45, 7) is 4.65. The molecule has 1 amide bonds. The Labute approximate surface area is 204 Å². The van der Waals surface area contributed by atoms with Crippen molar-refractivity contribution in [2.45, 2.75) is 20.4 Å². The maximum Gasteiger partial charge on any atom is 0.244 e. The lowest BCUT2D eigenvalue weighted by Crippen LogP contribution is -2.21. The van der Waals surface area contributed by atoms with E-state index in [-0.39, 0.29) is 5.91 Å². The molecule has 2 aromatic carbocycles. The topological polar surface area (TPSA) is 82.8 Å². The number of pyridine rings is 1. The van der Waals surface area contributed by atoms with Gasteiger partial charge >= 0.3 is 0 Å². The van der Waals surface area contributed by atoms with Crippen LogP contribution >= 0.6 is 0 Å². The Morgan fingerprint density at radius 2 is 1.89 bits per heavy atom. The highest BCUT2D eigenvalue weighted by atomic mass is 16.5. The van der Waals surface area contributed by atoms with Gasteiger partial charge in [-0.25, -0.2) is 0 Å². The van der Waals surface area contributed by atoms with Crippen LogP contribution in [0.2, 0.25) is 0 Å². The molecule has 0 fully saturated rings. The summed E-state index contributed by atoms with van der Waals surface area (Å²) in [5.41, 5.74) is 4.89. The average Bonchev–Trinajstić information content (AvgIpc) is 3.30. The zero-order valence-electron chi connectivity index (χ0n) is 20.3. The minimum absolute atomic E-state index is 0.206. The van der Waals surface area contributed by atoms with Crippen molar-refractivity contribution in [3.05, 3.63) is 78.3 Å². The second-order valence-corrected chi connectivity index (χ2v) is 7.86. The van der Waals surface area contributed by atoms with Crippen LogP contribution < -0.4 is 19.5 Å². The summed E-state index contributed by atoms with van der Waals surface area (Å²) in [7, 11) is 3.21. The molecule has 0 atom stereocenters. The summed E-state index contributed by atoms with van der Waals surface area (Å²) < 4.78 is 22.6. The molecule has 0 aliphatic carbocycles. The Bertz CT molecular complexity index is 1360. The van der Waals surface area contributed by atoms with Crippen molar-refractivity contribution in [3.63, 3.8) is 0 Å². The standard InChI is InChI=1S/C28H28N2O5/c1-5-34-25-15-26-22(23(17-35-26)19-9-10-24(32-3)27(13-19)33-4)14-21(25)18(2)12-28(31)30-16-20-8-6-7-11-29-20/h6-15,17H,5,16H2,1-4H3,(H,30,31)/b18-12+.